The minimum absolute atomic E-state index is 0. The summed E-state index contributed by atoms with van der Waals surface area (Å²) in [6.07, 6.45) is 19.6. The molecule has 3 heteroatoms. The van der Waals surface area contributed by atoms with Crippen molar-refractivity contribution in [1.29, 1.82) is 0 Å². The molecular weight excluding hydrogens is 655 g/mol. The molecule has 10 rings (SSSR count). The summed E-state index contributed by atoms with van der Waals surface area (Å²) in [5, 5.41) is 0. The minimum Gasteiger partial charge on any atom is -0.179 e. The van der Waals surface area contributed by atoms with Crippen LogP contribution < -0.4 is 0 Å². The van der Waals surface area contributed by atoms with Crippen LogP contribution in [0.1, 0.15) is 67.2 Å². The molecule has 4 bridgehead atoms. The van der Waals surface area contributed by atoms with Crippen LogP contribution in [0.3, 0.4) is 0 Å². The molecule has 222 valence electrons. The molecule has 0 nitrogen and oxygen atoms in total. The molecule has 0 unspecified atom stereocenters. The van der Waals surface area contributed by atoms with Crippen LogP contribution in [0.4, 0.5) is 0 Å². The van der Waals surface area contributed by atoms with Crippen LogP contribution in [0.25, 0.3) is 11.1 Å². The van der Waals surface area contributed by atoms with Gasteiger partial charge in [-0.1, -0.05) is 35.4 Å². The van der Waals surface area contributed by atoms with Crippen molar-refractivity contribution in [3.05, 3.63) is 155 Å². The van der Waals surface area contributed by atoms with Crippen LogP contribution >= 0.6 is 24.8 Å². The van der Waals surface area contributed by atoms with Crippen LogP contribution in [0.5, 0.6) is 0 Å². The van der Waals surface area contributed by atoms with Crippen molar-refractivity contribution in [3.63, 3.8) is 0 Å². The molecule has 6 aliphatic carbocycles. The van der Waals surface area contributed by atoms with Crippen molar-refractivity contribution in [3.8, 4) is 11.1 Å². The maximum absolute atomic E-state index is 3.62. The third-order valence-electron chi connectivity index (χ3n) is 10.0. The van der Waals surface area contributed by atoms with Gasteiger partial charge in [0, 0.05) is 0 Å². The van der Waals surface area contributed by atoms with Gasteiger partial charge in [0.2, 0.25) is 0 Å². The van der Waals surface area contributed by atoms with E-state index >= 15 is 0 Å². The van der Waals surface area contributed by atoms with E-state index in [9.17, 15) is 0 Å². The van der Waals surface area contributed by atoms with Crippen molar-refractivity contribution in [1.82, 2.24) is 0 Å². The van der Waals surface area contributed by atoms with Gasteiger partial charge in [0.25, 0.3) is 0 Å². The van der Waals surface area contributed by atoms with Gasteiger partial charge in [0.1, 0.15) is 0 Å². The summed E-state index contributed by atoms with van der Waals surface area (Å²) in [4.78, 5) is 0. The van der Waals surface area contributed by atoms with Gasteiger partial charge in [-0.3, -0.25) is 6.08 Å². The molecule has 0 atom stereocenters. The third kappa shape index (κ3) is 7.07. The zero-order valence-corrected chi connectivity index (χ0v) is 29.3. The molecule has 0 saturated heterocycles. The molecule has 0 amide bonds. The van der Waals surface area contributed by atoms with Crippen molar-refractivity contribution >= 4 is 28.0 Å². The molecule has 44 heavy (non-hydrogen) atoms. The van der Waals surface area contributed by atoms with Crippen LogP contribution in [0.15, 0.2) is 121 Å². The van der Waals surface area contributed by atoms with E-state index in [1.54, 1.807) is 24.8 Å². The number of rotatable bonds is 3. The minimum atomic E-state index is 0. The topological polar surface area (TPSA) is 0 Å². The molecule has 4 fully saturated rings. The molecule has 4 saturated carbocycles. The summed E-state index contributed by atoms with van der Waals surface area (Å²) in [6.45, 7) is 0. The Kier molecular flexibility index (Phi) is 11.2. The Bertz CT molecular complexity index is 1500. The average Bonchev–Trinajstić information content (AvgIpc) is 3.71. The van der Waals surface area contributed by atoms with E-state index in [1.807, 2.05) is 6.07 Å². The molecule has 0 aromatic heterocycles. The first-order valence-electron chi connectivity index (χ1n) is 15.7. The monoisotopic (exact) mass is 692 g/mol. The van der Waals surface area contributed by atoms with Gasteiger partial charge < -0.3 is 0 Å². The van der Waals surface area contributed by atoms with E-state index in [0.717, 1.165) is 30.6 Å². The summed E-state index contributed by atoms with van der Waals surface area (Å²) in [5.41, 5.74) is 10.4. The zero-order valence-electron chi connectivity index (χ0n) is 25.2. The molecule has 4 aromatic carbocycles. The van der Waals surface area contributed by atoms with Gasteiger partial charge in [0.05, 0.1) is 0 Å². The van der Waals surface area contributed by atoms with Crippen LogP contribution in [-0.4, -0.2) is 3.21 Å². The fourth-order valence-corrected chi connectivity index (χ4v) is 9.40. The van der Waals surface area contributed by atoms with Gasteiger partial charge >= 0.3 is 99.2 Å². The Morgan fingerprint density at radius 1 is 0.659 bits per heavy atom. The Morgan fingerprint density at radius 3 is 1.77 bits per heavy atom. The molecule has 0 N–H and O–H groups in total. The van der Waals surface area contributed by atoms with Crippen LogP contribution in [0, 0.1) is 35.3 Å². The van der Waals surface area contributed by atoms with Crippen molar-refractivity contribution < 1.29 is 24.2 Å². The molecule has 0 radical (unpaired) electrons. The van der Waals surface area contributed by atoms with Crippen molar-refractivity contribution in [2.24, 2.45) is 23.2 Å². The smallest absolute Gasteiger partial charge is 0.0253 e. The van der Waals surface area contributed by atoms with E-state index in [-0.39, 0.29) is 24.8 Å². The van der Waals surface area contributed by atoms with E-state index in [2.05, 4.69) is 121 Å². The fraction of sp³-hybridized carbons (Fsp3) is 0.293. The van der Waals surface area contributed by atoms with E-state index < -0.39 is 0 Å². The molecule has 0 spiro atoms. The number of allylic oxidation sites excluding steroid dienone is 4. The van der Waals surface area contributed by atoms with Gasteiger partial charge in [-0.15, -0.1) is 36.8 Å². The number of halogens is 2. The maximum atomic E-state index is 3.62. The van der Waals surface area contributed by atoms with E-state index in [0.29, 0.717) is 5.41 Å². The molecule has 0 aliphatic heterocycles. The maximum Gasteiger partial charge on any atom is -0.0253 e. The van der Waals surface area contributed by atoms with Crippen molar-refractivity contribution in [2.45, 2.75) is 51.4 Å². The van der Waals surface area contributed by atoms with Crippen molar-refractivity contribution in [2.75, 3.05) is 0 Å². The molecule has 4 aromatic rings. The first-order valence-corrected chi connectivity index (χ1v) is 16.9. The summed E-state index contributed by atoms with van der Waals surface area (Å²) >= 11 is 1.46. The molecule has 0 heterocycles. The Balaban J connectivity index is 0.000000128. The number of hydrogen-bond donors (Lipinski definition) is 0. The second-order valence-electron chi connectivity index (χ2n) is 12.9. The number of fused-ring (bicyclic) bond motifs is 3. The van der Waals surface area contributed by atoms with Gasteiger partial charge in [-0.25, -0.2) is 11.6 Å². The molecule has 6 aliphatic rings. The Hall–Kier alpha value is -2.31. The summed E-state index contributed by atoms with van der Waals surface area (Å²) in [5.74, 6) is 3.21. The summed E-state index contributed by atoms with van der Waals surface area (Å²) in [6, 6.07) is 39.2. The Morgan fingerprint density at radius 2 is 1.20 bits per heavy atom. The second-order valence-corrected chi connectivity index (χ2v) is 14.1. The zero-order chi connectivity index (χ0) is 28.4. The van der Waals surface area contributed by atoms with Crippen LogP contribution in [-0.2, 0) is 30.7 Å². The number of benzene rings is 4. The number of hydrogen-bond acceptors (Lipinski definition) is 0. The second kappa shape index (κ2) is 14.9. The standard InChI is InChI=1S/C15H19.C13H9.C13H10.2ClH.Zr/c1-2-4-14(3-1)15-8-11-5-12(9-15)7-13(6-11)10-15;1-3-7-12-10(5-1)9-11-6-2-4-8-13(11)12;1-3-7-12(8-4-1)11-13-9-5-2-6-10-13;;;/h1,3,11-13H,2,5-10H2;1-5,7-8H,9H2;1-10H;2*1H;/q2*-1;;;;+2. The summed E-state index contributed by atoms with van der Waals surface area (Å²) < 4.78 is 1.42. The Labute approximate surface area is 291 Å². The predicted octanol–water partition coefficient (Wildman–Crippen LogP) is 10.6. The summed E-state index contributed by atoms with van der Waals surface area (Å²) in [7, 11) is 0. The first-order chi connectivity index (χ1) is 20.7. The average molecular weight is 695 g/mol. The molecular formula is C41H40Cl2Zr. The normalized spacial score (nSPS) is 24.2. The van der Waals surface area contributed by atoms with E-state index in [1.165, 1.54) is 80.1 Å². The van der Waals surface area contributed by atoms with Gasteiger partial charge in [0.15, 0.2) is 0 Å². The van der Waals surface area contributed by atoms with Crippen LogP contribution in [0.2, 0.25) is 0 Å². The third-order valence-corrected chi connectivity index (χ3v) is 11.5. The van der Waals surface area contributed by atoms with E-state index in [4.69, 9.17) is 0 Å². The first kappa shape index (κ1) is 33.1. The predicted molar refractivity (Wildman–Crippen MR) is 185 cm³/mol. The SMILES string of the molecule is Cl.Cl.[C-]1=C(C23CC4CC(CC(C4)C2)C3)C=CC1.[Zr+2]=[C](c1ccccc1)c1ccccc1.[c-]1cccc2c1Cc1ccccc1-2. The van der Waals surface area contributed by atoms with Gasteiger partial charge in [-0.2, -0.15) is 35.9 Å². The van der Waals surface area contributed by atoms with Gasteiger partial charge in [-0.05, 0) is 68.1 Å². The largest absolute Gasteiger partial charge is 0.179 e. The fourth-order valence-electron chi connectivity index (χ4n) is 8.58. The quantitative estimate of drug-likeness (QED) is 0.165.